The van der Waals surface area contributed by atoms with Crippen molar-refractivity contribution in [2.45, 2.75) is 40.2 Å². The zero-order valence-corrected chi connectivity index (χ0v) is 14.7. The van der Waals surface area contributed by atoms with E-state index in [1.807, 2.05) is 45.9 Å². The summed E-state index contributed by atoms with van der Waals surface area (Å²) in [6, 6.07) is 4.94. The number of H-pyrrole nitrogens is 1. The Hall–Kier alpha value is -2.63. The Bertz CT molecular complexity index is 725. The first-order chi connectivity index (χ1) is 11.3. The van der Waals surface area contributed by atoms with E-state index < -0.39 is 12.0 Å². The van der Waals surface area contributed by atoms with Crippen LogP contribution in [0.15, 0.2) is 18.2 Å². The molecular formula is C18H23N3O3. The van der Waals surface area contributed by atoms with E-state index in [0.717, 1.165) is 28.1 Å². The van der Waals surface area contributed by atoms with Gasteiger partial charge in [-0.15, -0.1) is 0 Å². The van der Waals surface area contributed by atoms with Gasteiger partial charge < -0.3 is 10.1 Å². The molecule has 2 rings (SSSR count). The number of ether oxygens (including phenoxy) is 1. The Morgan fingerprint density at radius 2 is 1.79 bits per heavy atom. The second kappa shape index (κ2) is 7.29. The van der Waals surface area contributed by atoms with Crippen molar-refractivity contribution in [3.8, 4) is 0 Å². The summed E-state index contributed by atoms with van der Waals surface area (Å²) in [6.45, 7) is 7.61. The van der Waals surface area contributed by atoms with Crippen LogP contribution in [0.5, 0.6) is 0 Å². The molecular weight excluding hydrogens is 306 g/mol. The predicted octanol–water partition coefficient (Wildman–Crippen LogP) is 2.22. The Morgan fingerprint density at radius 3 is 2.29 bits per heavy atom. The van der Waals surface area contributed by atoms with Crippen LogP contribution >= 0.6 is 0 Å². The lowest BCUT2D eigenvalue weighted by Gasteiger charge is -2.18. The van der Waals surface area contributed by atoms with Gasteiger partial charge >= 0.3 is 5.97 Å². The number of nitrogens with zero attached hydrogens (tertiary/aromatic N) is 1. The molecule has 6 heteroatoms. The average molecular weight is 329 g/mol. The van der Waals surface area contributed by atoms with Crippen LogP contribution in [0, 0.1) is 27.7 Å². The lowest BCUT2D eigenvalue weighted by molar-refractivity contribution is -0.145. The average Bonchev–Trinajstić information content (AvgIpc) is 2.82. The summed E-state index contributed by atoms with van der Waals surface area (Å²) in [7, 11) is 1.31. The van der Waals surface area contributed by atoms with Crippen LogP contribution in [-0.2, 0) is 20.7 Å². The van der Waals surface area contributed by atoms with E-state index in [1.54, 1.807) is 0 Å². The quantitative estimate of drug-likeness (QED) is 0.824. The minimum absolute atomic E-state index is 0.159. The van der Waals surface area contributed by atoms with E-state index >= 15 is 0 Å². The third kappa shape index (κ3) is 4.01. The van der Waals surface area contributed by atoms with Gasteiger partial charge in [-0.1, -0.05) is 29.3 Å². The van der Waals surface area contributed by atoms with Crippen LogP contribution in [-0.4, -0.2) is 29.2 Å². The zero-order valence-electron chi connectivity index (χ0n) is 14.7. The van der Waals surface area contributed by atoms with Crippen molar-refractivity contribution in [3.05, 3.63) is 51.8 Å². The van der Waals surface area contributed by atoms with Gasteiger partial charge in [-0.25, -0.2) is 4.79 Å². The van der Waals surface area contributed by atoms with Gasteiger partial charge in [-0.2, -0.15) is 5.10 Å². The van der Waals surface area contributed by atoms with E-state index in [1.165, 1.54) is 7.11 Å². The van der Waals surface area contributed by atoms with Gasteiger partial charge in [0.1, 0.15) is 0 Å². The number of aryl methyl sites for hydroxylation is 4. The molecule has 0 saturated heterocycles. The molecule has 1 aromatic heterocycles. The largest absolute Gasteiger partial charge is 0.467 e. The van der Waals surface area contributed by atoms with Gasteiger partial charge in [0, 0.05) is 11.3 Å². The van der Waals surface area contributed by atoms with Crippen LogP contribution in [0.2, 0.25) is 0 Å². The Balaban J connectivity index is 2.23. The number of nitrogens with one attached hydrogen (secondary N) is 2. The highest BCUT2D eigenvalue weighted by Crippen LogP contribution is 2.19. The van der Waals surface area contributed by atoms with Crippen molar-refractivity contribution >= 4 is 11.9 Å². The monoisotopic (exact) mass is 329 g/mol. The molecule has 1 atom stereocenters. The first-order valence-corrected chi connectivity index (χ1v) is 7.77. The van der Waals surface area contributed by atoms with Gasteiger partial charge in [-0.05, 0) is 33.3 Å². The third-order valence-electron chi connectivity index (χ3n) is 3.94. The van der Waals surface area contributed by atoms with Crippen molar-refractivity contribution in [1.29, 1.82) is 0 Å². The molecule has 128 valence electrons. The highest BCUT2D eigenvalue weighted by atomic mass is 16.5. The molecule has 2 N–H and O–H groups in total. The Labute approximate surface area is 141 Å². The summed E-state index contributed by atoms with van der Waals surface area (Å²) in [5, 5.41) is 9.71. The number of esters is 1. The minimum Gasteiger partial charge on any atom is -0.467 e. The number of methoxy groups -OCH3 is 1. The van der Waals surface area contributed by atoms with Gasteiger partial charge in [0.25, 0.3) is 0 Å². The summed E-state index contributed by atoms with van der Waals surface area (Å²) in [4.78, 5) is 24.6. The van der Waals surface area contributed by atoms with Crippen LogP contribution in [0.4, 0.5) is 0 Å². The Morgan fingerprint density at radius 1 is 1.17 bits per heavy atom. The number of carbonyl (C=O) groups excluding carboxylic acids is 2. The van der Waals surface area contributed by atoms with E-state index in [0.29, 0.717) is 5.56 Å². The molecule has 0 aliphatic rings. The number of amides is 1. The van der Waals surface area contributed by atoms with E-state index in [2.05, 4.69) is 15.5 Å². The third-order valence-corrected chi connectivity index (χ3v) is 3.94. The number of rotatable bonds is 5. The fourth-order valence-electron chi connectivity index (χ4n) is 2.78. The van der Waals surface area contributed by atoms with Gasteiger partial charge in [0.05, 0.1) is 19.2 Å². The maximum Gasteiger partial charge on any atom is 0.333 e. The maximum absolute atomic E-state index is 12.4. The van der Waals surface area contributed by atoms with Crippen LogP contribution < -0.4 is 5.32 Å². The molecule has 24 heavy (non-hydrogen) atoms. The molecule has 0 bridgehead atoms. The topological polar surface area (TPSA) is 84.1 Å². The summed E-state index contributed by atoms with van der Waals surface area (Å²) >= 11 is 0. The molecule has 6 nitrogen and oxygen atoms in total. The smallest absolute Gasteiger partial charge is 0.333 e. The zero-order chi connectivity index (χ0) is 17.9. The molecule has 1 heterocycles. The SMILES string of the molecule is COC(=O)[C@@H](NC(=O)Cc1c(C)n[nH]c1C)c1cc(C)cc(C)c1. The minimum atomic E-state index is -0.825. The number of aromatic nitrogens is 2. The predicted molar refractivity (Wildman–Crippen MR) is 90.6 cm³/mol. The summed E-state index contributed by atoms with van der Waals surface area (Å²) in [5.74, 6) is -0.744. The molecule has 2 aromatic rings. The van der Waals surface area contributed by atoms with Gasteiger partial charge in [-0.3, -0.25) is 9.89 Å². The first-order valence-electron chi connectivity index (χ1n) is 7.77. The van der Waals surface area contributed by atoms with E-state index in [9.17, 15) is 9.59 Å². The van der Waals surface area contributed by atoms with E-state index in [4.69, 9.17) is 4.74 Å². The molecule has 0 aliphatic carbocycles. The van der Waals surface area contributed by atoms with Crippen molar-refractivity contribution in [2.75, 3.05) is 7.11 Å². The second-order valence-electron chi connectivity index (χ2n) is 6.03. The number of carbonyl (C=O) groups is 2. The summed E-state index contributed by atoms with van der Waals surface area (Å²) in [5.41, 5.74) is 5.24. The molecule has 0 radical (unpaired) electrons. The Kier molecular flexibility index (Phi) is 5.39. The van der Waals surface area contributed by atoms with Gasteiger partial charge in [0.15, 0.2) is 6.04 Å². The lowest BCUT2D eigenvalue weighted by Crippen LogP contribution is -2.35. The first kappa shape index (κ1) is 17.7. The molecule has 1 aromatic carbocycles. The van der Waals surface area contributed by atoms with Crippen molar-refractivity contribution in [1.82, 2.24) is 15.5 Å². The fraction of sp³-hybridized carbons (Fsp3) is 0.389. The van der Waals surface area contributed by atoms with Crippen molar-refractivity contribution in [3.63, 3.8) is 0 Å². The van der Waals surface area contributed by atoms with Crippen LogP contribution in [0.1, 0.15) is 39.7 Å². The summed E-state index contributed by atoms with van der Waals surface area (Å²) < 4.78 is 4.86. The number of benzene rings is 1. The molecule has 1 amide bonds. The lowest BCUT2D eigenvalue weighted by atomic mass is 10.0. The summed E-state index contributed by atoms with van der Waals surface area (Å²) in [6.07, 6.45) is 0.159. The molecule has 0 spiro atoms. The highest BCUT2D eigenvalue weighted by molar-refractivity contribution is 5.86. The molecule has 0 saturated carbocycles. The molecule has 0 aliphatic heterocycles. The molecule has 0 fully saturated rings. The van der Waals surface area contributed by atoms with Crippen molar-refractivity contribution in [2.24, 2.45) is 0 Å². The van der Waals surface area contributed by atoms with Crippen LogP contribution in [0.25, 0.3) is 0 Å². The van der Waals surface area contributed by atoms with E-state index in [-0.39, 0.29) is 12.3 Å². The standard InChI is InChI=1S/C18H23N3O3/c1-10-6-11(2)8-14(7-10)17(18(23)24-5)19-16(22)9-15-12(3)20-21-13(15)4/h6-8,17H,9H2,1-5H3,(H,19,22)(H,20,21)/t17-/m0/s1. The number of hydrogen-bond acceptors (Lipinski definition) is 4. The van der Waals surface area contributed by atoms with Crippen molar-refractivity contribution < 1.29 is 14.3 Å². The normalized spacial score (nSPS) is 11.9. The molecule has 0 unspecified atom stereocenters. The highest BCUT2D eigenvalue weighted by Gasteiger charge is 2.24. The van der Waals surface area contributed by atoms with Gasteiger partial charge in [0.2, 0.25) is 5.91 Å². The maximum atomic E-state index is 12.4. The second-order valence-corrected chi connectivity index (χ2v) is 6.03. The number of hydrogen-bond donors (Lipinski definition) is 2. The van der Waals surface area contributed by atoms with Crippen LogP contribution in [0.3, 0.4) is 0 Å². The number of aromatic amines is 1. The fourth-order valence-corrected chi connectivity index (χ4v) is 2.78.